The molecule has 0 spiro atoms. The zero-order valence-electron chi connectivity index (χ0n) is 16.0. The van der Waals surface area contributed by atoms with Gasteiger partial charge in [0.25, 0.3) is 11.8 Å². The summed E-state index contributed by atoms with van der Waals surface area (Å²) in [4.78, 5) is 35.8. The molecule has 0 saturated carbocycles. The summed E-state index contributed by atoms with van der Waals surface area (Å²) in [6.45, 7) is 1.58. The van der Waals surface area contributed by atoms with Crippen molar-refractivity contribution in [3.63, 3.8) is 0 Å². The fourth-order valence-electron chi connectivity index (χ4n) is 3.42. The molecular weight excluding hydrogens is 384 g/mol. The molecule has 2 aromatic heterocycles. The number of thiazole rings is 1. The van der Waals surface area contributed by atoms with Crippen molar-refractivity contribution >= 4 is 23.2 Å². The SMILES string of the molecule is O=C(N[C@@H](Cc1ccccc1)c1nc(C(=O)N2CCCC2)cs1)c1cccnc1. The highest BCUT2D eigenvalue weighted by Crippen LogP contribution is 2.24. The van der Waals surface area contributed by atoms with Gasteiger partial charge in [0, 0.05) is 30.9 Å². The summed E-state index contributed by atoms with van der Waals surface area (Å²) in [7, 11) is 0. The average molecular weight is 407 g/mol. The summed E-state index contributed by atoms with van der Waals surface area (Å²) >= 11 is 1.41. The van der Waals surface area contributed by atoms with E-state index < -0.39 is 0 Å². The lowest BCUT2D eigenvalue weighted by Gasteiger charge is -2.17. The molecular formula is C22H22N4O2S. The van der Waals surface area contributed by atoms with Crippen LogP contribution in [0.2, 0.25) is 0 Å². The lowest BCUT2D eigenvalue weighted by atomic mass is 10.1. The molecule has 4 rings (SSSR count). The maximum absolute atomic E-state index is 12.7. The molecule has 29 heavy (non-hydrogen) atoms. The minimum absolute atomic E-state index is 0.0259. The van der Waals surface area contributed by atoms with Crippen LogP contribution in [-0.2, 0) is 6.42 Å². The topological polar surface area (TPSA) is 75.2 Å². The van der Waals surface area contributed by atoms with Crippen molar-refractivity contribution in [2.45, 2.75) is 25.3 Å². The van der Waals surface area contributed by atoms with Crippen molar-refractivity contribution in [3.8, 4) is 0 Å². The predicted molar refractivity (Wildman–Crippen MR) is 112 cm³/mol. The molecule has 148 valence electrons. The summed E-state index contributed by atoms with van der Waals surface area (Å²) in [5.41, 5.74) is 2.04. The standard InChI is InChI=1S/C22H22N4O2S/c27-20(17-9-6-10-23-14-17)24-18(13-16-7-2-1-3-8-16)21-25-19(15-29-21)22(28)26-11-4-5-12-26/h1-3,6-10,14-15,18H,4-5,11-13H2,(H,24,27)/t18-/m0/s1. The van der Waals surface area contributed by atoms with E-state index in [4.69, 9.17) is 0 Å². The summed E-state index contributed by atoms with van der Waals surface area (Å²) in [6, 6.07) is 13.1. The highest BCUT2D eigenvalue weighted by atomic mass is 32.1. The number of aromatic nitrogens is 2. The molecule has 6 nitrogen and oxygen atoms in total. The number of amides is 2. The summed E-state index contributed by atoms with van der Waals surface area (Å²) in [6.07, 6.45) is 5.85. The third kappa shape index (κ3) is 4.68. The van der Waals surface area contributed by atoms with Crippen LogP contribution in [0.25, 0.3) is 0 Å². The fourth-order valence-corrected chi connectivity index (χ4v) is 4.26. The lowest BCUT2D eigenvalue weighted by Crippen LogP contribution is -2.30. The van der Waals surface area contributed by atoms with E-state index >= 15 is 0 Å². The first-order valence-electron chi connectivity index (χ1n) is 9.70. The van der Waals surface area contributed by atoms with E-state index in [0.717, 1.165) is 36.5 Å². The van der Waals surface area contributed by atoms with E-state index in [0.29, 0.717) is 17.7 Å². The van der Waals surface area contributed by atoms with Crippen LogP contribution < -0.4 is 5.32 Å². The van der Waals surface area contributed by atoms with Crippen molar-refractivity contribution in [2.24, 2.45) is 0 Å². The van der Waals surface area contributed by atoms with Crippen LogP contribution >= 0.6 is 11.3 Å². The van der Waals surface area contributed by atoms with Gasteiger partial charge in [-0.05, 0) is 37.0 Å². The number of benzene rings is 1. The van der Waals surface area contributed by atoms with Crippen molar-refractivity contribution in [1.82, 2.24) is 20.2 Å². The number of likely N-dealkylation sites (tertiary alicyclic amines) is 1. The smallest absolute Gasteiger partial charge is 0.273 e. The van der Waals surface area contributed by atoms with Crippen LogP contribution in [0.3, 0.4) is 0 Å². The molecule has 1 aromatic carbocycles. The van der Waals surface area contributed by atoms with Gasteiger partial charge >= 0.3 is 0 Å². The maximum atomic E-state index is 12.7. The molecule has 1 saturated heterocycles. The summed E-state index contributed by atoms with van der Waals surface area (Å²) in [5.74, 6) is -0.233. The van der Waals surface area contributed by atoms with Gasteiger partial charge in [-0.2, -0.15) is 0 Å². The van der Waals surface area contributed by atoms with E-state index in [1.54, 1.807) is 29.9 Å². The van der Waals surface area contributed by atoms with Crippen LogP contribution in [0.4, 0.5) is 0 Å². The molecule has 0 bridgehead atoms. The molecule has 1 fully saturated rings. The van der Waals surface area contributed by atoms with Gasteiger partial charge in [-0.25, -0.2) is 4.98 Å². The Morgan fingerprint density at radius 3 is 2.62 bits per heavy atom. The van der Waals surface area contributed by atoms with E-state index in [1.807, 2.05) is 35.2 Å². The Morgan fingerprint density at radius 1 is 1.10 bits per heavy atom. The van der Waals surface area contributed by atoms with Crippen LogP contribution in [0.1, 0.15) is 50.3 Å². The van der Waals surface area contributed by atoms with E-state index in [1.165, 1.54) is 11.3 Å². The molecule has 0 unspecified atom stereocenters. The summed E-state index contributed by atoms with van der Waals surface area (Å²) in [5, 5.41) is 5.59. The Bertz CT molecular complexity index is 969. The van der Waals surface area contributed by atoms with Crippen molar-refractivity contribution in [2.75, 3.05) is 13.1 Å². The monoisotopic (exact) mass is 406 g/mol. The first-order valence-corrected chi connectivity index (χ1v) is 10.6. The Kier molecular flexibility index (Phi) is 5.95. The second-order valence-corrected chi connectivity index (χ2v) is 7.92. The molecule has 0 aliphatic carbocycles. The highest BCUT2D eigenvalue weighted by molar-refractivity contribution is 7.09. The molecule has 3 aromatic rings. The molecule has 7 heteroatoms. The third-order valence-electron chi connectivity index (χ3n) is 4.94. The fraction of sp³-hybridized carbons (Fsp3) is 0.273. The molecule has 3 heterocycles. The molecule has 1 aliphatic heterocycles. The molecule has 0 radical (unpaired) electrons. The largest absolute Gasteiger partial charge is 0.342 e. The van der Waals surface area contributed by atoms with Gasteiger partial charge in [-0.1, -0.05) is 30.3 Å². The van der Waals surface area contributed by atoms with Gasteiger partial charge in [0.1, 0.15) is 10.7 Å². The number of nitrogens with zero attached hydrogens (tertiary/aromatic N) is 3. The molecule has 1 aliphatic rings. The Balaban J connectivity index is 1.56. The van der Waals surface area contributed by atoms with Crippen LogP contribution in [-0.4, -0.2) is 39.8 Å². The van der Waals surface area contributed by atoms with Crippen LogP contribution in [0, 0.1) is 0 Å². The minimum atomic E-state index is -0.324. The lowest BCUT2D eigenvalue weighted by molar-refractivity contribution is 0.0787. The van der Waals surface area contributed by atoms with Gasteiger partial charge in [-0.3, -0.25) is 14.6 Å². The predicted octanol–water partition coefficient (Wildman–Crippen LogP) is 3.49. The maximum Gasteiger partial charge on any atom is 0.273 e. The molecule has 1 N–H and O–H groups in total. The number of nitrogens with one attached hydrogen (secondary N) is 1. The number of hydrogen-bond donors (Lipinski definition) is 1. The first-order chi connectivity index (χ1) is 14.2. The van der Waals surface area contributed by atoms with E-state index in [9.17, 15) is 9.59 Å². The Labute approximate surface area is 173 Å². The van der Waals surface area contributed by atoms with E-state index in [2.05, 4.69) is 15.3 Å². The zero-order chi connectivity index (χ0) is 20.1. The Morgan fingerprint density at radius 2 is 1.90 bits per heavy atom. The number of carbonyl (C=O) groups is 2. The van der Waals surface area contributed by atoms with Crippen molar-refractivity contribution < 1.29 is 9.59 Å². The average Bonchev–Trinajstić information content (AvgIpc) is 3.47. The normalized spacial score (nSPS) is 14.6. The van der Waals surface area contributed by atoms with Crippen molar-refractivity contribution in [3.05, 3.63) is 82.1 Å². The summed E-state index contributed by atoms with van der Waals surface area (Å²) < 4.78 is 0. The van der Waals surface area contributed by atoms with Gasteiger partial charge in [0.05, 0.1) is 11.6 Å². The van der Waals surface area contributed by atoms with Gasteiger partial charge in [0.15, 0.2) is 0 Å². The number of hydrogen-bond acceptors (Lipinski definition) is 5. The third-order valence-corrected chi connectivity index (χ3v) is 5.90. The zero-order valence-corrected chi connectivity index (χ0v) is 16.8. The Hall–Kier alpha value is -3.06. The number of rotatable bonds is 6. The molecule has 1 atom stereocenters. The van der Waals surface area contributed by atoms with Crippen molar-refractivity contribution in [1.29, 1.82) is 0 Å². The highest BCUT2D eigenvalue weighted by Gasteiger charge is 2.25. The number of pyridine rings is 1. The quantitative estimate of drug-likeness (QED) is 0.680. The second kappa shape index (κ2) is 8.96. The first kappa shape index (κ1) is 19.3. The van der Waals surface area contributed by atoms with Gasteiger partial charge < -0.3 is 10.2 Å². The molecule has 2 amide bonds. The second-order valence-electron chi connectivity index (χ2n) is 7.03. The van der Waals surface area contributed by atoms with E-state index in [-0.39, 0.29) is 17.9 Å². The van der Waals surface area contributed by atoms with Gasteiger partial charge in [-0.15, -0.1) is 11.3 Å². The van der Waals surface area contributed by atoms with Crippen LogP contribution in [0.15, 0.2) is 60.2 Å². The minimum Gasteiger partial charge on any atom is -0.342 e. The van der Waals surface area contributed by atoms with Gasteiger partial charge in [0.2, 0.25) is 0 Å². The van der Waals surface area contributed by atoms with Crippen LogP contribution in [0.5, 0.6) is 0 Å². The number of carbonyl (C=O) groups excluding carboxylic acids is 2.